The van der Waals surface area contributed by atoms with Crippen LogP contribution in [-0.4, -0.2) is 26.1 Å². The standard InChI is InChI=1S/C18H11BrF3N5OS/c19-12-7-29-17(15(12)16-24-8-25-27-16)26-14(28)4-9-1-2-13-10(3-9)5-11(6-23-13)18(20,21)22/h1-3,5-8H,4H2,(H,26,28)(H,24,25,27). The van der Waals surface area contributed by atoms with Gasteiger partial charge in [-0.05, 0) is 39.7 Å². The highest BCUT2D eigenvalue weighted by Gasteiger charge is 2.31. The largest absolute Gasteiger partial charge is 0.417 e. The molecule has 0 spiro atoms. The lowest BCUT2D eigenvalue weighted by atomic mass is 10.1. The van der Waals surface area contributed by atoms with Crippen molar-refractivity contribution in [2.24, 2.45) is 0 Å². The number of aromatic nitrogens is 4. The summed E-state index contributed by atoms with van der Waals surface area (Å²) in [7, 11) is 0. The van der Waals surface area contributed by atoms with Crippen molar-refractivity contribution >= 4 is 49.1 Å². The van der Waals surface area contributed by atoms with Crippen LogP contribution in [0.25, 0.3) is 22.3 Å². The summed E-state index contributed by atoms with van der Waals surface area (Å²) in [4.78, 5) is 20.4. The number of benzene rings is 1. The summed E-state index contributed by atoms with van der Waals surface area (Å²) in [6.07, 6.45) is -2.25. The van der Waals surface area contributed by atoms with Crippen LogP contribution >= 0.6 is 27.3 Å². The van der Waals surface area contributed by atoms with Gasteiger partial charge in [0.05, 0.1) is 23.1 Å². The summed E-state index contributed by atoms with van der Waals surface area (Å²) in [5.41, 5.74) is 0.829. The summed E-state index contributed by atoms with van der Waals surface area (Å²) in [6.45, 7) is 0. The number of carbonyl (C=O) groups is 1. The number of halogens is 4. The van der Waals surface area contributed by atoms with Gasteiger partial charge in [0.15, 0.2) is 5.82 Å². The maximum atomic E-state index is 12.9. The SMILES string of the molecule is O=C(Cc1ccc2ncc(C(F)(F)F)cc2c1)Nc1scc(Br)c1-c1nc[nH]n1. The number of thiophene rings is 1. The van der Waals surface area contributed by atoms with Crippen molar-refractivity contribution in [3.05, 3.63) is 57.8 Å². The fraction of sp³-hybridized carbons (Fsp3) is 0.111. The molecule has 0 fully saturated rings. The highest BCUT2D eigenvalue weighted by Crippen LogP contribution is 2.38. The third-order valence-electron chi connectivity index (χ3n) is 4.08. The second-order valence-corrected chi connectivity index (χ2v) is 7.82. The molecule has 6 nitrogen and oxygen atoms in total. The number of hydrogen-bond acceptors (Lipinski definition) is 5. The molecule has 0 unspecified atom stereocenters. The van der Waals surface area contributed by atoms with Crippen molar-refractivity contribution in [1.82, 2.24) is 20.2 Å². The Hall–Kier alpha value is -2.79. The average molecular weight is 482 g/mol. The molecule has 2 N–H and O–H groups in total. The number of H-pyrrole nitrogens is 1. The predicted octanol–water partition coefficient (Wildman–Crippen LogP) is 5.04. The number of aromatic amines is 1. The Bertz CT molecular complexity index is 1190. The van der Waals surface area contributed by atoms with E-state index < -0.39 is 11.7 Å². The van der Waals surface area contributed by atoms with E-state index >= 15 is 0 Å². The van der Waals surface area contributed by atoms with Crippen LogP contribution in [0.1, 0.15) is 11.1 Å². The van der Waals surface area contributed by atoms with E-state index in [0.717, 1.165) is 16.7 Å². The molecular formula is C18H11BrF3N5OS. The average Bonchev–Trinajstić information content (AvgIpc) is 3.30. The van der Waals surface area contributed by atoms with Crippen molar-refractivity contribution < 1.29 is 18.0 Å². The highest BCUT2D eigenvalue weighted by atomic mass is 79.9. The van der Waals surface area contributed by atoms with Crippen molar-refractivity contribution in [2.75, 3.05) is 5.32 Å². The smallest absolute Gasteiger partial charge is 0.317 e. The van der Waals surface area contributed by atoms with Gasteiger partial charge < -0.3 is 5.32 Å². The summed E-state index contributed by atoms with van der Waals surface area (Å²) < 4.78 is 39.5. The Morgan fingerprint density at radius 3 is 2.79 bits per heavy atom. The third kappa shape index (κ3) is 4.15. The minimum Gasteiger partial charge on any atom is -0.317 e. The van der Waals surface area contributed by atoms with Crippen molar-refractivity contribution in [1.29, 1.82) is 0 Å². The van der Waals surface area contributed by atoms with Crippen LogP contribution in [0.3, 0.4) is 0 Å². The molecule has 4 aromatic rings. The predicted molar refractivity (Wildman–Crippen MR) is 106 cm³/mol. The maximum absolute atomic E-state index is 12.9. The second-order valence-electron chi connectivity index (χ2n) is 6.08. The molecule has 0 aliphatic carbocycles. The van der Waals surface area contributed by atoms with Gasteiger partial charge in [-0.3, -0.25) is 14.9 Å². The van der Waals surface area contributed by atoms with E-state index in [4.69, 9.17) is 0 Å². The Labute approximate surface area is 174 Å². The number of nitrogens with zero attached hydrogens (tertiary/aromatic N) is 3. The molecule has 148 valence electrons. The first-order valence-electron chi connectivity index (χ1n) is 8.20. The van der Waals surface area contributed by atoms with E-state index in [1.807, 2.05) is 5.38 Å². The Balaban J connectivity index is 1.55. The van der Waals surface area contributed by atoms with Crippen LogP contribution < -0.4 is 5.32 Å². The van der Waals surface area contributed by atoms with Gasteiger partial charge in [-0.2, -0.15) is 18.3 Å². The summed E-state index contributed by atoms with van der Waals surface area (Å²) in [5, 5.41) is 12.2. The van der Waals surface area contributed by atoms with Crippen LogP contribution in [0.2, 0.25) is 0 Å². The normalized spacial score (nSPS) is 11.7. The zero-order valence-corrected chi connectivity index (χ0v) is 16.8. The zero-order chi connectivity index (χ0) is 20.6. The van der Waals surface area contributed by atoms with E-state index in [2.05, 4.69) is 41.4 Å². The number of nitrogens with one attached hydrogen (secondary N) is 2. The number of anilines is 1. The maximum Gasteiger partial charge on any atom is 0.417 e. The quantitative estimate of drug-likeness (QED) is 0.427. The summed E-state index contributed by atoms with van der Waals surface area (Å²) in [5.74, 6) is 0.125. The number of carbonyl (C=O) groups excluding carboxylic acids is 1. The molecule has 0 saturated heterocycles. The van der Waals surface area contributed by atoms with E-state index in [-0.39, 0.29) is 12.3 Å². The molecule has 0 bridgehead atoms. The first kappa shape index (κ1) is 19.5. The van der Waals surface area contributed by atoms with Gasteiger partial charge in [-0.25, -0.2) is 4.98 Å². The number of hydrogen-bond donors (Lipinski definition) is 2. The second kappa shape index (κ2) is 7.56. The van der Waals surface area contributed by atoms with Crippen molar-refractivity contribution in [2.45, 2.75) is 12.6 Å². The van der Waals surface area contributed by atoms with Crippen LogP contribution in [0.15, 0.2) is 46.6 Å². The van der Waals surface area contributed by atoms with Gasteiger partial charge in [0.25, 0.3) is 0 Å². The van der Waals surface area contributed by atoms with E-state index in [1.165, 1.54) is 23.7 Å². The van der Waals surface area contributed by atoms with E-state index in [9.17, 15) is 18.0 Å². The molecule has 1 amide bonds. The topological polar surface area (TPSA) is 83.6 Å². The Morgan fingerprint density at radius 1 is 1.24 bits per heavy atom. The van der Waals surface area contributed by atoms with Gasteiger partial charge in [0.1, 0.15) is 11.3 Å². The van der Waals surface area contributed by atoms with Crippen LogP contribution in [0.5, 0.6) is 0 Å². The molecule has 0 atom stereocenters. The Morgan fingerprint density at radius 2 is 2.07 bits per heavy atom. The lowest BCUT2D eigenvalue weighted by Crippen LogP contribution is -2.14. The molecule has 0 saturated carbocycles. The van der Waals surface area contributed by atoms with Gasteiger partial charge in [-0.1, -0.05) is 6.07 Å². The highest BCUT2D eigenvalue weighted by molar-refractivity contribution is 9.10. The monoisotopic (exact) mass is 481 g/mol. The number of amides is 1. The molecule has 0 radical (unpaired) electrons. The molecule has 1 aromatic carbocycles. The first-order valence-corrected chi connectivity index (χ1v) is 9.87. The summed E-state index contributed by atoms with van der Waals surface area (Å²) >= 11 is 4.72. The molecule has 4 rings (SSSR count). The van der Waals surface area contributed by atoms with Crippen molar-refractivity contribution in [3.63, 3.8) is 0 Å². The fourth-order valence-electron chi connectivity index (χ4n) is 2.77. The molecule has 0 aliphatic heterocycles. The number of pyridine rings is 1. The number of rotatable bonds is 4. The minimum atomic E-state index is -4.47. The molecule has 3 heterocycles. The van der Waals surface area contributed by atoms with Crippen LogP contribution in [0.4, 0.5) is 18.2 Å². The van der Waals surface area contributed by atoms with E-state index in [1.54, 1.807) is 12.1 Å². The summed E-state index contributed by atoms with van der Waals surface area (Å²) in [6, 6.07) is 5.83. The molecule has 0 aliphatic rings. The van der Waals surface area contributed by atoms with Crippen molar-refractivity contribution in [3.8, 4) is 11.4 Å². The lowest BCUT2D eigenvalue weighted by molar-refractivity contribution is -0.137. The van der Waals surface area contributed by atoms with Gasteiger partial charge >= 0.3 is 6.18 Å². The molecular weight excluding hydrogens is 471 g/mol. The van der Waals surface area contributed by atoms with Gasteiger partial charge in [0, 0.05) is 21.4 Å². The number of alkyl halides is 3. The molecule has 11 heteroatoms. The third-order valence-corrected chi connectivity index (χ3v) is 5.90. The first-order chi connectivity index (χ1) is 13.8. The number of fused-ring (bicyclic) bond motifs is 1. The lowest BCUT2D eigenvalue weighted by Gasteiger charge is -2.09. The fourth-order valence-corrected chi connectivity index (χ4v) is 4.39. The Kier molecular flexibility index (Phi) is 5.09. The van der Waals surface area contributed by atoms with E-state index in [0.29, 0.717) is 32.9 Å². The van der Waals surface area contributed by atoms with Crippen LogP contribution in [0, 0.1) is 0 Å². The van der Waals surface area contributed by atoms with Crippen LogP contribution in [-0.2, 0) is 17.4 Å². The minimum absolute atomic E-state index is 0.00482. The molecule has 29 heavy (non-hydrogen) atoms. The zero-order valence-electron chi connectivity index (χ0n) is 14.4. The van der Waals surface area contributed by atoms with Gasteiger partial charge in [0.2, 0.25) is 5.91 Å². The van der Waals surface area contributed by atoms with Gasteiger partial charge in [-0.15, -0.1) is 11.3 Å². The molecule has 3 aromatic heterocycles.